The third-order valence-corrected chi connectivity index (χ3v) is 8.67. The number of rotatable bonds is 10. The Morgan fingerprint density at radius 2 is 1.81 bits per heavy atom. The fourth-order valence-corrected chi connectivity index (χ4v) is 6.42. The van der Waals surface area contributed by atoms with Crippen LogP contribution in [0.5, 0.6) is 0 Å². The van der Waals surface area contributed by atoms with Crippen LogP contribution < -0.4 is 21.7 Å². The van der Waals surface area contributed by atoms with E-state index >= 15 is 0 Å². The van der Waals surface area contributed by atoms with Crippen molar-refractivity contribution in [2.45, 2.75) is 67.5 Å². The van der Waals surface area contributed by atoms with E-state index in [9.17, 15) is 14.4 Å². The highest BCUT2D eigenvalue weighted by Crippen LogP contribution is 2.35. The van der Waals surface area contributed by atoms with Gasteiger partial charge in [-0.2, -0.15) is 0 Å². The van der Waals surface area contributed by atoms with E-state index in [4.69, 9.17) is 5.73 Å². The molecule has 1 aliphatic rings. The minimum absolute atomic E-state index is 0.122. The Balaban J connectivity index is 1.54. The largest absolute Gasteiger partial charge is 0.338 e. The van der Waals surface area contributed by atoms with Crippen LogP contribution in [0.3, 0.4) is 0 Å². The van der Waals surface area contributed by atoms with Gasteiger partial charge in [0.15, 0.2) is 5.37 Å². The molecular weight excluding hydrogens is 567 g/mol. The molecule has 0 saturated carbocycles. The van der Waals surface area contributed by atoms with Crippen molar-refractivity contribution in [1.29, 1.82) is 0 Å². The number of nitrogens with one attached hydrogen (secondary N) is 3. The van der Waals surface area contributed by atoms with Gasteiger partial charge in [0, 0.05) is 47.9 Å². The van der Waals surface area contributed by atoms with E-state index in [0.717, 1.165) is 37.6 Å². The molecule has 0 spiro atoms. The number of urea groups is 1. The summed E-state index contributed by atoms with van der Waals surface area (Å²) in [7, 11) is 0. The van der Waals surface area contributed by atoms with Gasteiger partial charge in [-0.05, 0) is 67.0 Å². The van der Waals surface area contributed by atoms with Gasteiger partial charge in [0.1, 0.15) is 0 Å². The van der Waals surface area contributed by atoms with E-state index < -0.39 is 10.9 Å². The molecular formula is C32H39N5O3S2. The number of nitrogens with two attached hydrogens (primary N) is 1. The predicted molar refractivity (Wildman–Crippen MR) is 171 cm³/mol. The second-order valence-electron chi connectivity index (χ2n) is 11.0. The van der Waals surface area contributed by atoms with Crippen molar-refractivity contribution >= 4 is 41.4 Å². The molecule has 0 aromatic heterocycles. The van der Waals surface area contributed by atoms with Gasteiger partial charge < -0.3 is 26.6 Å². The Bertz CT molecular complexity index is 1420. The second kappa shape index (κ2) is 14.1. The summed E-state index contributed by atoms with van der Waals surface area (Å²) in [5, 5.41) is 7.84. The van der Waals surface area contributed by atoms with Gasteiger partial charge in [-0.15, -0.1) is 11.8 Å². The molecule has 222 valence electrons. The van der Waals surface area contributed by atoms with Crippen molar-refractivity contribution < 1.29 is 14.4 Å². The Kier molecular flexibility index (Phi) is 10.6. The van der Waals surface area contributed by atoms with Gasteiger partial charge >= 0.3 is 6.03 Å². The fraction of sp³-hybridized carbons (Fsp3) is 0.344. The molecule has 10 heteroatoms. The molecule has 8 nitrogen and oxygen atoms in total. The fourth-order valence-electron chi connectivity index (χ4n) is 4.73. The molecule has 0 bridgehead atoms. The number of hydrogen-bond donors (Lipinski definition) is 4. The van der Waals surface area contributed by atoms with E-state index in [2.05, 4.69) is 34.1 Å². The first-order valence-corrected chi connectivity index (χ1v) is 16.1. The predicted octanol–water partition coefficient (Wildman–Crippen LogP) is 5.10. The van der Waals surface area contributed by atoms with E-state index in [1.54, 1.807) is 30.5 Å². The molecule has 1 aliphatic heterocycles. The van der Waals surface area contributed by atoms with E-state index in [-0.39, 0.29) is 24.3 Å². The second-order valence-corrected chi connectivity index (χ2v) is 13.0. The summed E-state index contributed by atoms with van der Waals surface area (Å²) in [5.41, 5.74) is 10.5. The lowest BCUT2D eigenvalue weighted by molar-refractivity contribution is -0.135. The highest BCUT2D eigenvalue weighted by molar-refractivity contribution is 8.01. The molecule has 4 rings (SSSR count). The Labute approximate surface area is 256 Å². The van der Waals surface area contributed by atoms with Gasteiger partial charge in [-0.25, -0.2) is 4.79 Å². The van der Waals surface area contributed by atoms with Gasteiger partial charge in [-0.1, -0.05) is 66.4 Å². The van der Waals surface area contributed by atoms with Crippen molar-refractivity contribution in [2.24, 2.45) is 5.73 Å². The average molecular weight is 606 g/mol. The molecule has 42 heavy (non-hydrogen) atoms. The molecule has 3 aromatic carbocycles. The minimum atomic E-state index is -0.748. The summed E-state index contributed by atoms with van der Waals surface area (Å²) in [5.74, 6) is -0.390. The summed E-state index contributed by atoms with van der Waals surface area (Å²) in [6.45, 7) is 7.29. The van der Waals surface area contributed by atoms with Crippen LogP contribution in [-0.2, 0) is 29.2 Å². The molecule has 4 amide bonds. The van der Waals surface area contributed by atoms with Crippen LogP contribution in [0.25, 0.3) is 11.1 Å². The van der Waals surface area contributed by atoms with Gasteiger partial charge in [0.05, 0.1) is 0 Å². The van der Waals surface area contributed by atoms with Crippen molar-refractivity contribution in [3.8, 4) is 11.1 Å². The number of fused-ring (bicyclic) bond motifs is 1. The normalized spacial score (nSPS) is 15.0. The van der Waals surface area contributed by atoms with E-state index in [0.29, 0.717) is 26.2 Å². The number of hydrogen-bond acceptors (Lipinski definition) is 6. The maximum absolute atomic E-state index is 13.8. The Morgan fingerprint density at radius 1 is 1.07 bits per heavy atom. The molecule has 0 radical (unpaired) electrons. The molecule has 0 fully saturated rings. The average Bonchev–Trinajstić information content (AvgIpc) is 3.07. The number of carbonyl (C=O) groups is 3. The zero-order valence-corrected chi connectivity index (χ0v) is 26.2. The van der Waals surface area contributed by atoms with Crippen LogP contribution in [0, 0.1) is 0 Å². The maximum atomic E-state index is 13.8. The summed E-state index contributed by atoms with van der Waals surface area (Å²) in [6, 6.07) is 22.1. The highest BCUT2D eigenvalue weighted by atomic mass is 32.2. The topological polar surface area (TPSA) is 117 Å². The maximum Gasteiger partial charge on any atom is 0.315 e. The zero-order valence-electron chi connectivity index (χ0n) is 24.5. The van der Waals surface area contributed by atoms with Crippen LogP contribution >= 0.6 is 23.5 Å². The first-order valence-electron chi connectivity index (χ1n) is 14.0. The number of carbonyl (C=O) groups excluding carboxylic acids is 3. The standard InChI is InChI=1S/C32H39N5O3S2/c1-5-34-31(40)35-18-23-8-6-7-9-26(23)22-12-10-21(11-13-22)19-37-20-24-14-15-25(41-4)16-27(24)42-29(30(37)39)36-28(38)17-32(2,3)33/h6-16,29H,5,17-20,33H2,1-4H3,(H,36,38)(H2,34,35,40)/t29-/m1/s1. The van der Waals surface area contributed by atoms with E-state index in [1.807, 2.05) is 61.7 Å². The molecule has 0 saturated heterocycles. The molecule has 1 atom stereocenters. The first-order chi connectivity index (χ1) is 20.1. The zero-order chi connectivity index (χ0) is 30.3. The van der Waals surface area contributed by atoms with Gasteiger partial charge in [0.2, 0.25) is 5.91 Å². The van der Waals surface area contributed by atoms with Crippen molar-refractivity contribution in [3.05, 3.63) is 83.4 Å². The van der Waals surface area contributed by atoms with Crippen molar-refractivity contribution in [3.63, 3.8) is 0 Å². The monoisotopic (exact) mass is 605 g/mol. The third kappa shape index (κ3) is 8.53. The lowest BCUT2D eigenvalue weighted by Gasteiger charge is -2.26. The SMILES string of the molecule is CCNC(=O)NCc1ccccc1-c1ccc(CN2Cc3ccc(SC)cc3S[C@@H](NC(=O)CC(C)(C)N)C2=O)cc1. The van der Waals surface area contributed by atoms with Gasteiger partial charge in [-0.3, -0.25) is 9.59 Å². The lowest BCUT2D eigenvalue weighted by Crippen LogP contribution is -2.47. The van der Waals surface area contributed by atoms with Crippen LogP contribution in [0.4, 0.5) is 4.79 Å². The summed E-state index contributed by atoms with van der Waals surface area (Å²) < 4.78 is 0. The quantitative estimate of drug-likeness (QED) is 0.239. The number of amides is 4. The smallest absolute Gasteiger partial charge is 0.315 e. The molecule has 0 aliphatic carbocycles. The Morgan fingerprint density at radius 3 is 2.50 bits per heavy atom. The van der Waals surface area contributed by atoms with Crippen molar-refractivity contribution in [1.82, 2.24) is 20.9 Å². The highest BCUT2D eigenvalue weighted by Gasteiger charge is 2.32. The van der Waals surface area contributed by atoms with Gasteiger partial charge in [0.25, 0.3) is 5.91 Å². The summed E-state index contributed by atoms with van der Waals surface area (Å²) in [4.78, 5) is 42.4. The van der Waals surface area contributed by atoms with Crippen LogP contribution in [0.1, 0.15) is 43.9 Å². The molecule has 5 N–H and O–H groups in total. The van der Waals surface area contributed by atoms with Crippen molar-refractivity contribution in [2.75, 3.05) is 12.8 Å². The van der Waals surface area contributed by atoms with Crippen LogP contribution in [0.2, 0.25) is 0 Å². The minimum Gasteiger partial charge on any atom is -0.338 e. The van der Waals surface area contributed by atoms with Crippen LogP contribution in [0.15, 0.2) is 76.5 Å². The number of benzene rings is 3. The summed E-state index contributed by atoms with van der Waals surface area (Å²) >= 11 is 3.03. The first kappa shape index (κ1) is 31.5. The molecule has 3 aromatic rings. The lowest BCUT2D eigenvalue weighted by atomic mass is 9.98. The molecule has 1 heterocycles. The Hall–Kier alpha value is -3.47. The molecule has 0 unspecified atom stereocenters. The number of nitrogens with zero attached hydrogens (tertiary/aromatic N) is 1. The summed E-state index contributed by atoms with van der Waals surface area (Å²) in [6.07, 6.45) is 2.14. The van der Waals surface area contributed by atoms with E-state index in [1.165, 1.54) is 11.8 Å². The third-order valence-electron chi connectivity index (χ3n) is 6.76. The number of thioether (sulfide) groups is 2. The van der Waals surface area contributed by atoms with Crippen LogP contribution in [-0.4, -0.2) is 46.5 Å².